The molecular weight excluding hydrogens is 292 g/mol. The molecule has 114 valence electrons. The number of alkyl halides is 3. The molecule has 3 N–H and O–H groups in total. The van der Waals surface area contributed by atoms with Crippen LogP contribution < -0.4 is 11.3 Å². The fraction of sp³-hybridized carbons (Fsp3) is 0.538. The van der Waals surface area contributed by atoms with Crippen molar-refractivity contribution in [1.82, 2.24) is 5.43 Å². The summed E-state index contributed by atoms with van der Waals surface area (Å²) in [5.41, 5.74) is 1.67. The number of halogens is 4. The highest BCUT2D eigenvalue weighted by Crippen LogP contribution is 2.33. The summed E-state index contributed by atoms with van der Waals surface area (Å²) < 4.78 is 50.9. The lowest BCUT2D eigenvalue weighted by molar-refractivity contribution is -0.140. The van der Waals surface area contributed by atoms with E-state index in [2.05, 4.69) is 5.43 Å². The van der Waals surface area contributed by atoms with Gasteiger partial charge in [0.15, 0.2) is 0 Å². The third kappa shape index (κ3) is 4.64. The third-order valence-electron chi connectivity index (χ3n) is 3.02. The predicted molar refractivity (Wildman–Crippen MR) is 73.7 cm³/mol. The molecule has 1 rings (SSSR count). The van der Waals surface area contributed by atoms with E-state index in [1.165, 1.54) is 6.07 Å². The molecule has 0 saturated carbocycles. The zero-order valence-electron chi connectivity index (χ0n) is 11.3. The fourth-order valence-corrected chi connectivity index (χ4v) is 2.64. The largest absolute Gasteiger partial charge is 0.419 e. The number of rotatable bonds is 6. The average molecular weight is 310 g/mol. The summed E-state index contributed by atoms with van der Waals surface area (Å²) in [6, 6.07) is 2.52. The molecule has 1 aromatic carbocycles. The molecule has 0 amide bonds. The molecule has 0 heterocycles. The van der Waals surface area contributed by atoms with Gasteiger partial charge in [0.1, 0.15) is 5.82 Å². The Hall–Kier alpha value is -0.790. The minimum atomic E-state index is -4.68. The average Bonchev–Trinajstić information content (AvgIpc) is 2.37. The number of nitrogens with one attached hydrogen (secondary N) is 1. The van der Waals surface area contributed by atoms with Gasteiger partial charge in [0.25, 0.3) is 0 Å². The van der Waals surface area contributed by atoms with Crippen molar-refractivity contribution in [3.63, 3.8) is 0 Å². The summed E-state index contributed by atoms with van der Waals surface area (Å²) in [6.07, 6.45) is -3.71. The van der Waals surface area contributed by atoms with Crippen molar-refractivity contribution in [3.05, 3.63) is 35.1 Å². The van der Waals surface area contributed by atoms with Crippen LogP contribution >= 0.6 is 11.8 Å². The molecule has 0 aliphatic heterocycles. The molecule has 1 aromatic rings. The van der Waals surface area contributed by atoms with E-state index in [1.807, 2.05) is 13.8 Å². The Balaban J connectivity index is 2.87. The SMILES string of the molecule is CCC(C)SCC(NN)c1ccc(C(F)(F)F)c(F)c1. The molecular formula is C13H18F4N2S. The Bertz CT molecular complexity index is 437. The molecule has 0 saturated heterocycles. The lowest BCUT2D eigenvalue weighted by atomic mass is 10.1. The molecule has 2 nitrogen and oxygen atoms in total. The second-order valence-corrected chi connectivity index (χ2v) is 5.98. The molecule has 0 aliphatic rings. The van der Waals surface area contributed by atoms with Gasteiger partial charge in [-0.25, -0.2) is 4.39 Å². The molecule has 0 spiro atoms. The van der Waals surface area contributed by atoms with Crippen LogP contribution in [0.5, 0.6) is 0 Å². The van der Waals surface area contributed by atoms with E-state index in [4.69, 9.17) is 5.84 Å². The van der Waals surface area contributed by atoms with Gasteiger partial charge >= 0.3 is 6.18 Å². The van der Waals surface area contributed by atoms with Gasteiger partial charge in [-0.3, -0.25) is 11.3 Å². The van der Waals surface area contributed by atoms with Crippen molar-refractivity contribution in [2.45, 2.75) is 37.7 Å². The van der Waals surface area contributed by atoms with Crippen LogP contribution in [0.25, 0.3) is 0 Å². The van der Waals surface area contributed by atoms with Crippen LogP contribution in [0.1, 0.15) is 37.4 Å². The molecule has 0 aromatic heterocycles. The lowest BCUT2D eigenvalue weighted by Crippen LogP contribution is -2.30. The van der Waals surface area contributed by atoms with Crippen molar-refractivity contribution in [1.29, 1.82) is 0 Å². The minimum Gasteiger partial charge on any atom is -0.271 e. The number of nitrogens with two attached hydrogens (primary N) is 1. The van der Waals surface area contributed by atoms with E-state index in [-0.39, 0.29) is 6.04 Å². The van der Waals surface area contributed by atoms with Crippen molar-refractivity contribution < 1.29 is 17.6 Å². The molecule has 0 fully saturated rings. The van der Waals surface area contributed by atoms with Crippen molar-refractivity contribution in [3.8, 4) is 0 Å². The normalized spacial score (nSPS) is 15.2. The zero-order valence-corrected chi connectivity index (χ0v) is 12.1. The smallest absolute Gasteiger partial charge is 0.271 e. The van der Waals surface area contributed by atoms with E-state index in [0.29, 0.717) is 16.6 Å². The molecule has 20 heavy (non-hydrogen) atoms. The second-order valence-electron chi connectivity index (χ2n) is 4.51. The number of thioether (sulfide) groups is 1. The molecule has 2 atom stereocenters. The van der Waals surface area contributed by atoms with Gasteiger partial charge in [-0.2, -0.15) is 24.9 Å². The van der Waals surface area contributed by atoms with Gasteiger partial charge in [0.2, 0.25) is 0 Å². The first kappa shape index (κ1) is 17.3. The van der Waals surface area contributed by atoms with Gasteiger partial charge in [0, 0.05) is 11.0 Å². The van der Waals surface area contributed by atoms with E-state index >= 15 is 0 Å². The quantitative estimate of drug-likeness (QED) is 0.476. The van der Waals surface area contributed by atoms with E-state index in [9.17, 15) is 17.6 Å². The first-order valence-electron chi connectivity index (χ1n) is 6.24. The summed E-state index contributed by atoms with van der Waals surface area (Å²) in [5.74, 6) is 4.69. The molecule has 0 bridgehead atoms. The first-order valence-corrected chi connectivity index (χ1v) is 7.28. The maximum atomic E-state index is 13.5. The minimum absolute atomic E-state index is 0.384. The van der Waals surface area contributed by atoms with Crippen LogP contribution in [0.15, 0.2) is 18.2 Å². The summed E-state index contributed by atoms with van der Waals surface area (Å²) in [4.78, 5) is 0. The fourth-order valence-electron chi connectivity index (χ4n) is 1.60. The summed E-state index contributed by atoms with van der Waals surface area (Å²) in [7, 11) is 0. The van der Waals surface area contributed by atoms with Crippen molar-refractivity contribution >= 4 is 11.8 Å². The zero-order chi connectivity index (χ0) is 15.3. The van der Waals surface area contributed by atoms with Gasteiger partial charge in [-0.1, -0.05) is 19.9 Å². The Kier molecular flexibility index (Phi) is 6.29. The maximum absolute atomic E-state index is 13.5. The topological polar surface area (TPSA) is 38.0 Å². The van der Waals surface area contributed by atoms with E-state index in [1.54, 1.807) is 11.8 Å². The molecule has 0 radical (unpaired) electrons. The maximum Gasteiger partial charge on any atom is 0.419 e. The second kappa shape index (κ2) is 7.28. The van der Waals surface area contributed by atoms with Gasteiger partial charge < -0.3 is 0 Å². The Morgan fingerprint density at radius 3 is 2.45 bits per heavy atom. The highest BCUT2D eigenvalue weighted by molar-refractivity contribution is 7.99. The highest BCUT2D eigenvalue weighted by atomic mass is 32.2. The van der Waals surface area contributed by atoms with Crippen LogP contribution in [0.3, 0.4) is 0 Å². The van der Waals surface area contributed by atoms with Crippen LogP contribution in [0.4, 0.5) is 17.6 Å². The van der Waals surface area contributed by atoms with Crippen LogP contribution in [0, 0.1) is 5.82 Å². The van der Waals surface area contributed by atoms with Crippen LogP contribution in [0.2, 0.25) is 0 Å². The number of benzene rings is 1. The summed E-state index contributed by atoms with van der Waals surface area (Å²) in [5, 5.41) is 0.408. The van der Waals surface area contributed by atoms with Crippen LogP contribution in [-0.2, 0) is 6.18 Å². The van der Waals surface area contributed by atoms with Gasteiger partial charge in [-0.15, -0.1) is 0 Å². The van der Waals surface area contributed by atoms with Crippen molar-refractivity contribution in [2.75, 3.05) is 5.75 Å². The van der Waals surface area contributed by atoms with Gasteiger partial charge in [-0.05, 0) is 24.1 Å². The predicted octanol–water partition coefficient (Wildman–Crippen LogP) is 3.88. The molecule has 7 heteroatoms. The number of hydrogen-bond acceptors (Lipinski definition) is 3. The monoisotopic (exact) mass is 310 g/mol. The molecule has 0 aliphatic carbocycles. The van der Waals surface area contributed by atoms with E-state index in [0.717, 1.165) is 18.6 Å². The number of hydrazine groups is 1. The standard InChI is InChI=1S/C13H18F4N2S/c1-3-8(2)20-7-12(19-18)9-4-5-10(11(14)6-9)13(15,16)17/h4-6,8,12,19H,3,7,18H2,1-2H3. The summed E-state index contributed by atoms with van der Waals surface area (Å²) in [6.45, 7) is 4.09. The van der Waals surface area contributed by atoms with Crippen molar-refractivity contribution in [2.24, 2.45) is 5.84 Å². The lowest BCUT2D eigenvalue weighted by Gasteiger charge is -2.19. The van der Waals surface area contributed by atoms with Gasteiger partial charge in [0.05, 0.1) is 11.6 Å². The third-order valence-corrected chi connectivity index (χ3v) is 4.45. The van der Waals surface area contributed by atoms with Crippen LogP contribution in [-0.4, -0.2) is 11.0 Å². The number of hydrogen-bond donors (Lipinski definition) is 2. The Morgan fingerprint density at radius 1 is 1.35 bits per heavy atom. The first-order chi connectivity index (χ1) is 9.29. The van der Waals surface area contributed by atoms with E-state index < -0.39 is 17.6 Å². The molecule has 2 unspecified atom stereocenters. The highest BCUT2D eigenvalue weighted by Gasteiger charge is 2.34. The Morgan fingerprint density at radius 2 is 2.00 bits per heavy atom. The summed E-state index contributed by atoms with van der Waals surface area (Å²) >= 11 is 1.63. The Labute approximate surface area is 120 Å².